The van der Waals surface area contributed by atoms with Gasteiger partial charge in [-0.25, -0.2) is 0 Å². The Morgan fingerprint density at radius 2 is 1.00 bits per heavy atom. The van der Waals surface area contributed by atoms with Crippen LogP contribution in [-0.4, -0.2) is 39.1 Å². The van der Waals surface area contributed by atoms with Crippen molar-refractivity contribution in [3.05, 3.63) is 0 Å². The van der Waals surface area contributed by atoms with E-state index in [0.717, 1.165) is 0 Å². The van der Waals surface area contributed by atoms with E-state index in [-0.39, 0.29) is 17.6 Å². The van der Waals surface area contributed by atoms with Crippen LogP contribution < -0.4 is 0 Å². The molecule has 0 aliphatic heterocycles. The molecule has 0 spiro atoms. The first kappa shape index (κ1) is 21.8. The summed E-state index contributed by atoms with van der Waals surface area (Å²) in [5.74, 6) is 2.35. The standard InChI is InChI=1S/C4H12GeSSi.2C3H9Si/c1-5-6-7(2,3)4;2*1-4(2)3/h1-4H3;2*1-3H3. The molecule has 0 saturated heterocycles. The van der Waals surface area contributed by atoms with Gasteiger partial charge in [0.15, 0.2) is 0 Å². The Kier molecular flexibility index (Phi) is 19.8. The minimum atomic E-state index is -0.685. The van der Waals surface area contributed by atoms with Gasteiger partial charge in [-0.05, 0) is 0 Å². The predicted molar refractivity (Wildman–Crippen MR) is 89.2 cm³/mol. The van der Waals surface area contributed by atoms with Crippen LogP contribution in [0.15, 0.2) is 0 Å². The SMILES string of the molecule is C[Si](C)C.C[Si](C)C.[CH3][Ge][S][Si](C)(C)C. The third kappa shape index (κ3) is 92.8. The molecule has 15 heavy (non-hydrogen) atoms. The zero-order valence-corrected chi connectivity index (χ0v) is 18.3. The Morgan fingerprint density at radius 1 is 0.800 bits per heavy atom. The molecule has 92 valence electrons. The molecule has 0 N–H and O–H groups in total. The van der Waals surface area contributed by atoms with Gasteiger partial charge >= 0.3 is 56.4 Å². The summed E-state index contributed by atoms with van der Waals surface area (Å²) in [4.78, 5) is 0. The molecule has 0 unspecified atom stereocenters. The van der Waals surface area contributed by atoms with Crippen LogP contribution >= 0.6 is 9.54 Å². The summed E-state index contributed by atoms with van der Waals surface area (Å²) in [6.07, 6.45) is 0. The third-order valence-corrected chi connectivity index (χ3v) is 19.1. The van der Waals surface area contributed by atoms with Crippen molar-refractivity contribution >= 4 is 48.6 Å². The van der Waals surface area contributed by atoms with Crippen molar-refractivity contribution in [3.8, 4) is 0 Å². The number of hydrogen-bond donors (Lipinski definition) is 0. The molecule has 0 nitrogen and oxygen atoms in total. The fourth-order valence-electron chi connectivity index (χ4n) is 0.306. The summed E-state index contributed by atoms with van der Waals surface area (Å²) < 4.78 is 0. The van der Waals surface area contributed by atoms with Gasteiger partial charge in [0.05, 0.1) is 0 Å². The van der Waals surface area contributed by atoms with E-state index in [1.54, 1.807) is 0 Å². The summed E-state index contributed by atoms with van der Waals surface area (Å²) in [6.45, 7) is 20.8. The topological polar surface area (TPSA) is 0 Å². The summed E-state index contributed by atoms with van der Waals surface area (Å²) in [5.41, 5.74) is 0. The van der Waals surface area contributed by atoms with Crippen molar-refractivity contribution in [2.75, 3.05) is 0 Å². The summed E-state index contributed by atoms with van der Waals surface area (Å²) in [7, 11) is 1.81. The molecule has 0 aromatic rings. The van der Waals surface area contributed by atoms with Gasteiger partial charge in [-0.2, -0.15) is 0 Å². The molecule has 0 aliphatic rings. The molecule has 0 aromatic carbocycles. The Labute approximate surface area is 113 Å². The van der Waals surface area contributed by atoms with Crippen molar-refractivity contribution in [1.82, 2.24) is 0 Å². The minimum absolute atomic E-state index is 0.120. The van der Waals surface area contributed by atoms with E-state index in [1.165, 1.54) is 0 Å². The van der Waals surface area contributed by atoms with Crippen LogP contribution in [0, 0.1) is 0 Å². The van der Waals surface area contributed by atoms with E-state index in [1.807, 2.05) is 0 Å². The molecule has 0 rings (SSSR count). The second-order valence-corrected chi connectivity index (χ2v) is 27.0. The van der Waals surface area contributed by atoms with Gasteiger partial charge in [0.2, 0.25) is 0 Å². The van der Waals surface area contributed by atoms with Crippen LogP contribution in [0.25, 0.3) is 0 Å². The second kappa shape index (κ2) is 13.6. The fraction of sp³-hybridized carbons (Fsp3) is 1.00. The number of rotatable bonds is 2. The van der Waals surface area contributed by atoms with E-state index in [4.69, 9.17) is 0 Å². The Hall–Kier alpha value is 1.54. The van der Waals surface area contributed by atoms with Crippen LogP contribution in [0.2, 0.25) is 64.7 Å². The molecule has 0 heterocycles. The van der Waals surface area contributed by atoms with Gasteiger partial charge in [-0.15, -0.1) is 0 Å². The summed E-state index contributed by atoms with van der Waals surface area (Å²) in [5, 5.41) is 0. The molecule has 0 fully saturated rings. The Balaban J connectivity index is -0.000000155. The molecule has 5 heteroatoms. The molecule has 0 aliphatic carbocycles. The molecular weight excluding hydrogens is 309 g/mol. The quantitative estimate of drug-likeness (QED) is 0.641. The van der Waals surface area contributed by atoms with Gasteiger partial charge in [0, 0.05) is 17.6 Å². The normalized spacial score (nSPS) is 10.4. The van der Waals surface area contributed by atoms with E-state index >= 15 is 0 Å². The van der Waals surface area contributed by atoms with E-state index < -0.39 is 7.22 Å². The average Bonchev–Trinajstić information content (AvgIpc) is 1.79. The van der Waals surface area contributed by atoms with E-state index in [2.05, 4.69) is 74.2 Å². The Bertz CT molecular complexity index is 102. The summed E-state index contributed by atoms with van der Waals surface area (Å²) in [6, 6.07) is 0. The average molecular weight is 339 g/mol. The van der Waals surface area contributed by atoms with Crippen LogP contribution in [-0.2, 0) is 0 Å². The first-order valence-corrected chi connectivity index (χ1v) is 21.1. The third-order valence-electron chi connectivity index (χ3n) is 0.408. The number of hydrogen-bond acceptors (Lipinski definition) is 1. The van der Waals surface area contributed by atoms with Gasteiger partial charge in [0.1, 0.15) is 0 Å². The first-order valence-electron chi connectivity index (χ1n) is 5.41. The molecule has 0 aromatic heterocycles. The van der Waals surface area contributed by atoms with Gasteiger partial charge < -0.3 is 0 Å². The van der Waals surface area contributed by atoms with Crippen LogP contribution in [0.3, 0.4) is 0 Å². The van der Waals surface area contributed by atoms with E-state index in [0.29, 0.717) is 14.3 Å². The monoisotopic (exact) mass is 340 g/mol. The first-order chi connectivity index (χ1) is 6.52. The van der Waals surface area contributed by atoms with Gasteiger partial charge in [0.25, 0.3) is 0 Å². The zero-order chi connectivity index (χ0) is 13.1. The summed E-state index contributed by atoms with van der Waals surface area (Å²) >= 11 is 0.388. The van der Waals surface area contributed by atoms with Crippen molar-refractivity contribution in [3.63, 3.8) is 0 Å². The molecule has 0 amide bonds. The van der Waals surface area contributed by atoms with Crippen molar-refractivity contribution < 1.29 is 0 Å². The second-order valence-electron chi connectivity index (χ2n) is 5.42. The fourth-order valence-corrected chi connectivity index (χ4v) is 14.3. The van der Waals surface area contributed by atoms with Crippen molar-refractivity contribution in [2.24, 2.45) is 0 Å². The molecule has 0 bridgehead atoms. The molecule has 0 atom stereocenters. The zero-order valence-electron chi connectivity index (χ0n) is 12.4. The molecular formula is C10H30GeSSi3. The predicted octanol–water partition coefficient (Wildman–Crippen LogP) is 4.96. The maximum absolute atomic E-state index is 2.41. The van der Waals surface area contributed by atoms with Crippen LogP contribution in [0.4, 0.5) is 0 Å². The van der Waals surface area contributed by atoms with Crippen LogP contribution in [0.1, 0.15) is 0 Å². The maximum atomic E-state index is 2.41. The van der Waals surface area contributed by atoms with Crippen molar-refractivity contribution in [2.45, 2.75) is 64.7 Å². The molecule has 4 radical (unpaired) electrons. The van der Waals surface area contributed by atoms with Gasteiger partial charge in [-0.3, -0.25) is 0 Å². The van der Waals surface area contributed by atoms with Crippen LogP contribution in [0.5, 0.6) is 0 Å². The van der Waals surface area contributed by atoms with Crippen molar-refractivity contribution in [1.29, 1.82) is 0 Å². The van der Waals surface area contributed by atoms with E-state index in [9.17, 15) is 0 Å². The molecule has 0 saturated carbocycles. The van der Waals surface area contributed by atoms with Gasteiger partial charge in [-0.1, -0.05) is 39.3 Å². The Morgan fingerprint density at radius 3 is 1.00 bits per heavy atom.